The van der Waals surface area contributed by atoms with E-state index >= 15 is 0 Å². The van der Waals surface area contributed by atoms with Crippen LogP contribution in [0.3, 0.4) is 0 Å². The van der Waals surface area contributed by atoms with Gasteiger partial charge in [0, 0.05) is 16.3 Å². The fourth-order valence-corrected chi connectivity index (χ4v) is 1.75. The van der Waals surface area contributed by atoms with Gasteiger partial charge in [-0.1, -0.05) is 11.6 Å². The normalized spacial score (nSPS) is 10.2. The zero-order valence-electron chi connectivity index (χ0n) is 11.0. The SMILES string of the molecule is Nc1ccc(OCC(=O)OCc2cc(Cl)ccc2F)cc1. The fourth-order valence-electron chi connectivity index (χ4n) is 1.56. The van der Waals surface area contributed by atoms with Crippen LogP contribution in [0.15, 0.2) is 42.5 Å². The minimum absolute atomic E-state index is 0.198. The molecule has 0 amide bonds. The van der Waals surface area contributed by atoms with Gasteiger partial charge in [0.25, 0.3) is 0 Å². The van der Waals surface area contributed by atoms with Crippen LogP contribution in [0.25, 0.3) is 0 Å². The third-order valence-corrected chi connectivity index (χ3v) is 2.87. The van der Waals surface area contributed by atoms with Gasteiger partial charge in [0.1, 0.15) is 18.2 Å². The monoisotopic (exact) mass is 309 g/mol. The number of rotatable bonds is 5. The number of carbonyl (C=O) groups is 1. The van der Waals surface area contributed by atoms with Gasteiger partial charge in [-0.15, -0.1) is 0 Å². The van der Waals surface area contributed by atoms with Gasteiger partial charge in [-0.2, -0.15) is 0 Å². The first-order valence-electron chi connectivity index (χ1n) is 6.12. The van der Waals surface area contributed by atoms with E-state index in [4.69, 9.17) is 26.8 Å². The van der Waals surface area contributed by atoms with Crippen molar-refractivity contribution in [2.75, 3.05) is 12.3 Å². The van der Waals surface area contributed by atoms with E-state index in [9.17, 15) is 9.18 Å². The van der Waals surface area contributed by atoms with Crippen molar-refractivity contribution in [1.29, 1.82) is 0 Å². The second-order valence-electron chi connectivity index (χ2n) is 4.25. The molecule has 0 fully saturated rings. The number of anilines is 1. The Morgan fingerprint density at radius 3 is 2.62 bits per heavy atom. The van der Waals surface area contributed by atoms with E-state index in [0.717, 1.165) is 0 Å². The van der Waals surface area contributed by atoms with E-state index in [-0.39, 0.29) is 18.8 Å². The van der Waals surface area contributed by atoms with Crippen LogP contribution in [0.5, 0.6) is 5.75 Å². The minimum Gasteiger partial charge on any atom is -0.482 e. The zero-order valence-corrected chi connectivity index (χ0v) is 11.8. The first-order chi connectivity index (χ1) is 10.0. The number of nitrogen functional groups attached to an aromatic ring is 1. The largest absolute Gasteiger partial charge is 0.482 e. The first kappa shape index (κ1) is 15.1. The van der Waals surface area contributed by atoms with Crippen molar-refractivity contribution in [3.63, 3.8) is 0 Å². The summed E-state index contributed by atoms with van der Waals surface area (Å²) in [7, 11) is 0. The number of nitrogens with two attached hydrogens (primary N) is 1. The molecule has 0 saturated heterocycles. The lowest BCUT2D eigenvalue weighted by molar-refractivity contribution is -0.147. The Morgan fingerprint density at radius 1 is 1.19 bits per heavy atom. The topological polar surface area (TPSA) is 61.5 Å². The summed E-state index contributed by atoms with van der Waals surface area (Å²) in [5.74, 6) is -0.590. The number of esters is 1. The third kappa shape index (κ3) is 4.65. The Morgan fingerprint density at radius 2 is 1.90 bits per heavy atom. The molecule has 4 nitrogen and oxygen atoms in total. The molecule has 110 valence electrons. The third-order valence-electron chi connectivity index (χ3n) is 2.63. The smallest absolute Gasteiger partial charge is 0.344 e. The molecule has 2 aromatic rings. The summed E-state index contributed by atoms with van der Waals surface area (Å²) in [4.78, 5) is 11.5. The van der Waals surface area contributed by atoms with Crippen LogP contribution in [-0.2, 0) is 16.1 Å². The second-order valence-corrected chi connectivity index (χ2v) is 4.69. The van der Waals surface area contributed by atoms with Crippen molar-refractivity contribution in [1.82, 2.24) is 0 Å². The van der Waals surface area contributed by atoms with Gasteiger partial charge in [-0.3, -0.25) is 0 Å². The molecule has 0 aliphatic heterocycles. The maximum atomic E-state index is 13.4. The molecule has 0 radical (unpaired) electrons. The number of ether oxygens (including phenoxy) is 2. The highest BCUT2D eigenvalue weighted by Gasteiger charge is 2.08. The molecule has 0 atom stereocenters. The van der Waals surface area contributed by atoms with Gasteiger partial charge >= 0.3 is 5.97 Å². The van der Waals surface area contributed by atoms with Crippen LogP contribution >= 0.6 is 11.6 Å². The number of hydrogen-bond donors (Lipinski definition) is 1. The molecule has 0 saturated carbocycles. The van der Waals surface area contributed by atoms with E-state index in [2.05, 4.69) is 0 Å². The molecule has 0 aromatic heterocycles. The predicted molar refractivity (Wildman–Crippen MR) is 77.6 cm³/mol. The van der Waals surface area contributed by atoms with Crippen LogP contribution in [-0.4, -0.2) is 12.6 Å². The summed E-state index contributed by atoms with van der Waals surface area (Å²) in [6.45, 7) is -0.470. The summed E-state index contributed by atoms with van der Waals surface area (Å²) in [6.07, 6.45) is 0. The van der Waals surface area contributed by atoms with Gasteiger partial charge in [0.05, 0.1) is 0 Å². The average molecular weight is 310 g/mol. The number of benzene rings is 2. The molecule has 0 unspecified atom stereocenters. The maximum Gasteiger partial charge on any atom is 0.344 e. The number of halogens is 2. The lowest BCUT2D eigenvalue weighted by Crippen LogP contribution is -2.15. The van der Waals surface area contributed by atoms with Gasteiger partial charge in [0.15, 0.2) is 6.61 Å². The maximum absolute atomic E-state index is 13.4. The standard InChI is InChI=1S/C15H13ClFNO3/c16-11-1-6-14(17)10(7-11)8-21-15(19)9-20-13-4-2-12(18)3-5-13/h1-7H,8-9,18H2. The van der Waals surface area contributed by atoms with E-state index in [1.165, 1.54) is 18.2 Å². The summed E-state index contributed by atoms with van der Waals surface area (Å²) < 4.78 is 23.6. The van der Waals surface area contributed by atoms with Gasteiger partial charge in [0.2, 0.25) is 0 Å². The molecule has 21 heavy (non-hydrogen) atoms. The number of carbonyl (C=O) groups excluding carboxylic acids is 1. The molecule has 2 rings (SSSR count). The molecular formula is C15H13ClFNO3. The lowest BCUT2D eigenvalue weighted by Gasteiger charge is -2.08. The molecule has 0 bridgehead atoms. The Hall–Kier alpha value is -2.27. The Labute approximate surface area is 126 Å². The summed E-state index contributed by atoms with van der Waals surface area (Å²) in [6, 6.07) is 10.6. The molecule has 6 heteroatoms. The molecule has 0 aliphatic rings. The summed E-state index contributed by atoms with van der Waals surface area (Å²) in [5.41, 5.74) is 6.34. The van der Waals surface area contributed by atoms with E-state index in [1.54, 1.807) is 24.3 Å². The van der Waals surface area contributed by atoms with Crippen molar-refractivity contribution in [3.05, 3.63) is 58.9 Å². The summed E-state index contributed by atoms with van der Waals surface area (Å²) >= 11 is 5.74. The Kier molecular flexibility index (Phi) is 5.00. The highest BCUT2D eigenvalue weighted by molar-refractivity contribution is 6.30. The van der Waals surface area contributed by atoms with Gasteiger partial charge in [-0.05, 0) is 42.5 Å². The van der Waals surface area contributed by atoms with Crippen molar-refractivity contribution < 1.29 is 18.7 Å². The molecule has 0 aliphatic carbocycles. The van der Waals surface area contributed by atoms with E-state index in [1.807, 2.05) is 0 Å². The molecule has 2 aromatic carbocycles. The lowest BCUT2D eigenvalue weighted by atomic mass is 10.2. The predicted octanol–water partition coefficient (Wildman–Crippen LogP) is 3.18. The van der Waals surface area contributed by atoms with Crippen molar-refractivity contribution in [3.8, 4) is 5.75 Å². The van der Waals surface area contributed by atoms with Crippen LogP contribution in [0.1, 0.15) is 5.56 Å². The summed E-state index contributed by atoms with van der Waals surface area (Å²) in [5, 5.41) is 0.376. The van der Waals surface area contributed by atoms with Crippen LogP contribution in [0, 0.1) is 5.82 Å². The van der Waals surface area contributed by atoms with Crippen molar-refractivity contribution in [2.24, 2.45) is 0 Å². The minimum atomic E-state index is -0.605. The van der Waals surface area contributed by atoms with Gasteiger partial charge < -0.3 is 15.2 Å². The average Bonchev–Trinajstić information content (AvgIpc) is 2.47. The highest BCUT2D eigenvalue weighted by Crippen LogP contribution is 2.16. The van der Waals surface area contributed by atoms with Crippen LogP contribution in [0.2, 0.25) is 5.02 Å². The molecular weight excluding hydrogens is 297 g/mol. The van der Waals surface area contributed by atoms with Gasteiger partial charge in [-0.25, -0.2) is 9.18 Å². The second kappa shape index (κ2) is 6.95. The fraction of sp³-hybridized carbons (Fsp3) is 0.133. The van der Waals surface area contributed by atoms with E-state index < -0.39 is 11.8 Å². The molecule has 0 heterocycles. The van der Waals surface area contributed by atoms with Crippen molar-refractivity contribution >= 4 is 23.3 Å². The Balaban J connectivity index is 1.82. The molecule has 0 spiro atoms. The zero-order chi connectivity index (χ0) is 15.2. The van der Waals surface area contributed by atoms with E-state index in [0.29, 0.717) is 16.5 Å². The first-order valence-corrected chi connectivity index (χ1v) is 6.50. The molecule has 2 N–H and O–H groups in total. The van der Waals surface area contributed by atoms with Crippen LogP contribution < -0.4 is 10.5 Å². The highest BCUT2D eigenvalue weighted by atomic mass is 35.5. The quantitative estimate of drug-likeness (QED) is 0.680. The number of hydrogen-bond acceptors (Lipinski definition) is 4. The Bertz CT molecular complexity index is 631. The van der Waals surface area contributed by atoms with Crippen molar-refractivity contribution in [2.45, 2.75) is 6.61 Å². The van der Waals surface area contributed by atoms with Crippen LogP contribution in [0.4, 0.5) is 10.1 Å².